The predicted molar refractivity (Wildman–Crippen MR) is 64.4 cm³/mol. The van der Waals surface area contributed by atoms with Crippen molar-refractivity contribution < 1.29 is 4.74 Å². The molecule has 1 atom stereocenters. The molecular formula is C13H19N3O. The van der Waals surface area contributed by atoms with Gasteiger partial charge in [-0.2, -0.15) is 0 Å². The number of fused-ring (bicyclic) bond motifs is 1. The zero-order valence-electron chi connectivity index (χ0n) is 10.5. The molecule has 0 saturated heterocycles. The number of hydrogen-bond acceptors (Lipinski definition) is 4. The van der Waals surface area contributed by atoms with E-state index in [1.807, 2.05) is 6.92 Å². The number of aromatic nitrogens is 2. The molecule has 1 aromatic rings. The Morgan fingerprint density at radius 1 is 1.35 bits per heavy atom. The van der Waals surface area contributed by atoms with Crippen molar-refractivity contribution in [2.75, 3.05) is 6.61 Å². The van der Waals surface area contributed by atoms with Gasteiger partial charge in [-0.05, 0) is 32.6 Å². The average molecular weight is 233 g/mol. The first kappa shape index (κ1) is 11.1. The smallest absolute Gasteiger partial charge is 0.157 e. The zero-order valence-corrected chi connectivity index (χ0v) is 10.5. The van der Waals surface area contributed by atoms with Crippen molar-refractivity contribution in [2.45, 2.75) is 45.9 Å². The lowest BCUT2D eigenvalue weighted by atomic mass is 10.1. The number of nitrogens with one attached hydrogen (secondary N) is 1. The van der Waals surface area contributed by atoms with E-state index in [9.17, 15) is 0 Å². The van der Waals surface area contributed by atoms with E-state index in [0.717, 1.165) is 36.9 Å². The molecule has 2 aliphatic rings. The Hall–Kier alpha value is -1.00. The summed E-state index contributed by atoms with van der Waals surface area (Å²) in [5, 5.41) is 3.33. The van der Waals surface area contributed by atoms with Crippen LogP contribution in [0.3, 0.4) is 0 Å². The summed E-state index contributed by atoms with van der Waals surface area (Å²) >= 11 is 0. The molecule has 1 fully saturated rings. The number of ether oxygens (including phenoxy) is 1. The summed E-state index contributed by atoms with van der Waals surface area (Å²) in [7, 11) is 0. The number of rotatable bonds is 4. The summed E-state index contributed by atoms with van der Waals surface area (Å²) in [6.45, 7) is 6.63. The van der Waals surface area contributed by atoms with Crippen LogP contribution < -0.4 is 5.32 Å². The maximum absolute atomic E-state index is 5.82. The van der Waals surface area contributed by atoms with E-state index in [-0.39, 0.29) is 6.10 Å². The molecule has 0 spiro atoms. The van der Waals surface area contributed by atoms with E-state index in [2.05, 4.69) is 17.2 Å². The van der Waals surface area contributed by atoms with Gasteiger partial charge in [0.15, 0.2) is 5.82 Å². The van der Waals surface area contributed by atoms with Gasteiger partial charge in [0.1, 0.15) is 6.10 Å². The van der Waals surface area contributed by atoms with Gasteiger partial charge in [0.05, 0.1) is 5.69 Å². The third kappa shape index (κ3) is 2.07. The number of aryl methyl sites for hydroxylation is 1. The Bertz CT molecular complexity index is 429. The number of hydrogen-bond donors (Lipinski definition) is 1. The second-order valence-corrected chi connectivity index (χ2v) is 4.91. The molecule has 2 heterocycles. The predicted octanol–water partition coefficient (Wildman–Crippen LogP) is 1.88. The van der Waals surface area contributed by atoms with Crippen molar-refractivity contribution >= 4 is 0 Å². The van der Waals surface area contributed by atoms with Crippen LogP contribution in [0.25, 0.3) is 0 Å². The van der Waals surface area contributed by atoms with E-state index in [1.165, 1.54) is 18.4 Å². The lowest BCUT2D eigenvalue weighted by Crippen LogP contribution is -2.13. The molecule has 17 heavy (non-hydrogen) atoms. The molecule has 1 aromatic heterocycles. The minimum absolute atomic E-state index is 0.115. The van der Waals surface area contributed by atoms with Gasteiger partial charge in [-0.25, -0.2) is 9.97 Å². The monoisotopic (exact) mass is 233 g/mol. The highest BCUT2D eigenvalue weighted by Gasteiger charge is 2.35. The van der Waals surface area contributed by atoms with Crippen LogP contribution in [-0.2, 0) is 17.8 Å². The summed E-state index contributed by atoms with van der Waals surface area (Å²) in [6, 6.07) is 0. The van der Waals surface area contributed by atoms with Crippen molar-refractivity contribution in [2.24, 2.45) is 5.92 Å². The van der Waals surface area contributed by atoms with Crippen molar-refractivity contribution in [1.29, 1.82) is 0 Å². The third-order valence-corrected chi connectivity index (χ3v) is 3.56. The van der Waals surface area contributed by atoms with Gasteiger partial charge in [0.25, 0.3) is 0 Å². The van der Waals surface area contributed by atoms with E-state index < -0.39 is 0 Å². The average Bonchev–Trinajstić information content (AvgIpc) is 3.03. The van der Waals surface area contributed by atoms with Crippen molar-refractivity contribution in [3.63, 3.8) is 0 Å². The van der Waals surface area contributed by atoms with E-state index in [4.69, 9.17) is 9.72 Å². The van der Waals surface area contributed by atoms with Gasteiger partial charge in [-0.3, -0.25) is 0 Å². The van der Waals surface area contributed by atoms with E-state index in [1.54, 1.807) is 0 Å². The molecule has 4 heteroatoms. The molecule has 0 amide bonds. The second kappa shape index (κ2) is 4.35. The van der Waals surface area contributed by atoms with Crippen molar-refractivity contribution in [3.8, 4) is 0 Å². The first-order valence-electron chi connectivity index (χ1n) is 6.48. The largest absolute Gasteiger partial charge is 0.370 e. The summed E-state index contributed by atoms with van der Waals surface area (Å²) in [5.41, 5.74) is 3.55. The van der Waals surface area contributed by atoms with Crippen LogP contribution in [0.2, 0.25) is 0 Å². The van der Waals surface area contributed by atoms with E-state index in [0.29, 0.717) is 5.92 Å². The van der Waals surface area contributed by atoms with Crippen LogP contribution in [0.15, 0.2) is 0 Å². The van der Waals surface area contributed by atoms with Crippen LogP contribution in [0.5, 0.6) is 0 Å². The third-order valence-electron chi connectivity index (χ3n) is 3.56. The fraction of sp³-hybridized carbons (Fsp3) is 0.692. The van der Waals surface area contributed by atoms with Crippen LogP contribution in [-0.4, -0.2) is 16.6 Å². The highest BCUT2D eigenvalue weighted by molar-refractivity contribution is 5.29. The molecule has 92 valence electrons. The minimum Gasteiger partial charge on any atom is -0.370 e. The van der Waals surface area contributed by atoms with Gasteiger partial charge >= 0.3 is 0 Å². The fourth-order valence-electron chi connectivity index (χ4n) is 2.49. The maximum atomic E-state index is 5.82. The second-order valence-electron chi connectivity index (χ2n) is 4.91. The van der Waals surface area contributed by atoms with Gasteiger partial charge in [0, 0.05) is 31.0 Å². The molecular weight excluding hydrogens is 214 g/mol. The van der Waals surface area contributed by atoms with Gasteiger partial charge < -0.3 is 10.1 Å². The van der Waals surface area contributed by atoms with Crippen LogP contribution in [0, 0.1) is 12.8 Å². The van der Waals surface area contributed by atoms with E-state index >= 15 is 0 Å². The quantitative estimate of drug-likeness (QED) is 0.862. The van der Waals surface area contributed by atoms with Crippen LogP contribution in [0.1, 0.15) is 48.6 Å². The molecule has 3 rings (SSSR count). The minimum atomic E-state index is 0.115. The maximum Gasteiger partial charge on any atom is 0.157 e. The Kier molecular flexibility index (Phi) is 2.84. The fourth-order valence-corrected chi connectivity index (χ4v) is 2.49. The standard InChI is InChI=1S/C13H19N3O/c1-3-17-12(9-4-5-9)13-15-8(2)10-6-14-7-11(10)16-13/h9,12,14H,3-7H2,1-2H3. The van der Waals surface area contributed by atoms with Crippen molar-refractivity contribution in [3.05, 3.63) is 22.8 Å². The summed E-state index contributed by atoms with van der Waals surface area (Å²) in [5.74, 6) is 1.54. The Labute approximate surface area is 102 Å². The normalized spacial score (nSPS) is 20.4. The lowest BCUT2D eigenvalue weighted by Gasteiger charge is -2.16. The Balaban J connectivity index is 1.93. The highest BCUT2D eigenvalue weighted by atomic mass is 16.5. The Morgan fingerprint density at radius 3 is 2.88 bits per heavy atom. The molecule has 0 aromatic carbocycles. The molecule has 1 aliphatic heterocycles. The van der Waals surface area contributed by atoms with Gasteiger partial charge in [-0.1, -0.05) is 0 Å². The highest BCUT2D eigenvalue weighted by Crippen LogP contribution is 2.42. The molecule has 0 bridgehead atoms. The molecule has 0 radical (unpaired) electrons. The number of nitrogens with zero attached hydrogens (tertiary/aromatic N) is 2. The SMILES string of the molecule is CCOC(c1nc(C)c2c(n1)CNC2)C1CC1. The Morgan fingerprint density at radius 2 is 2.18 bits per heavy atom. The lowest BCUT2D eigenvalue weighted by molar-refractivity contribution is 0.0397. The summed E-state index contributed by atoms with van der Waals surface area (Å²) in [4.78, 5) is 9.34. The van der Waals surface area contributed by atoms with Crippen molar-refractivity contribution in [1.82, 2.24) is 15.3 Å². The molecule has 4 nitrogen and oxygen atoms in total. The van der Waals surface area contributed by atoms with Gasteiger partial charge in [-0.15, -0.1) is 0 Å². The van der Waals surface area contributed by atoms with Gasteiger partial charge in [0.2, 0.25) is 0 Å². The zero-order chi connectivity index (χ0) is 11.8. The molecule has 1 saturated carbocycles. The summed E-state index contributed by atoms with van der Waals surface area (Å²) in [6.07, 6.45) is 2.62. The van der Waals surface area contributed by atoms with Crippen LogP contribution >= 0.6 is 0 Å². The first-order chi connectivity index (χ1) is 8.29. The molecule has 1 aliphatic carbocycles. The molecule has 1 unspecified atom stereocenters. The summed E-state index contributed by atoms with van der Waals surface area (Å²) < 4.78 is 5.82. The van der Waals surface area contributed by atoms with Crippen LogP contribution in [0.4, 0.5) is 0 Å². The molecule has 1 N–H and O–H groups in total. The first-order valence-corrected chi connectivity index (χ1v) is 6.48. The topological polar surface area (TPSA) is 47.0 Å².